The Labute approximate surface area is 207 Å². The number of nitrogens with zero attached hydrogens (tertiary/aromatic N) is 3. The van der Waals surface area contributed by atoms with E-state index in [1.165, 1.54) is 24.2 Å². The van der Waals surface area contributed by atoms with Crippen molar-refractivity contribution in [2.75, 3.05) is 13.1 Å². The molecule has 0 aliphatic carbocycles. The lowest BCUT2D eigenvalue weighted by Gasteiger charge is -2.32. The van der Waals surface area contributed by atoms with Gasteiger partial charge in [0.1, 0.15) is 11.6 Å². The number of ether oxygens (including phenoxy) is 1. The quantitative estimate of drug-likeness (QED) is 0.455. The highest BCUT2D eigenvalue weighted by atomic mass is 32.2. The molecule has 0 spiro atoms. The molecule has 13 heteroatoms. The van der Waals surface area contributed by atoms with Crippen LogP contribution in [0.2, 0.25) is 0 Å². The van der Waals surface area contributed by atoms with Crippen LogP contribution in [0, 0.1) is 0 Å². The summed E-state index contributed by atoms with van der Waals surface area (Å²) in [6, 6.07) is -0.859. The summed E-state index contributed by atoms with van der Waals surface area (Å²) in [4.78, 5) is 34.3. The van der Waals surface area contributed by atoms with Gasteiger partial charge in [-0.3, -0.25) is 4.79 Å². The zero-order valence-corrected chi connectivity index (χ0v) is 22.4. The molecule has 1 aromatic rings. The Morgan fingerprint density at radius 1 is 1.17 bits per heavy atom. The van der Waals surface area contributed by atoms with Crippen LogP contribution in [0.15, 0.2) is 17.6 Å². The van der Waals surface area contributed by atoms with Gasteiger partial charge in [0.2, 0.25) is 20.9 Å². The molecule has 2 aliphatic rings. The third kappa shape index (κ3) is 5.95. The molecule has 0 radical (unpaired) electrons. The average molecular weight is 510 g/mol. The number of likely N-dealkylation sites (tertiary alicyclic amines) is 1. The van der Waals surface area contributed by atoms with Crippen molar-refractivity contribution in [1.29, 1.82) is 0 Å². The molecule has 2 amide bonds. The van der Waals surface area contributed by atoms with Crippen LogP contribution in [-0.2, 0) is 28.7 Å². The Morgan fingerprint density at radius 3 is 2.23 bits per heavy atom. The van der Waals surface area contributed by atoms with Crippen LogP contribution in [-0.4, -0.2) is 83.6 Å². The van der Waals surface area contributed by atoms with Gasteiger partial charge in [-0.15, -0.1) is 0 Å². The van der Waals surface area contributed by atoms with E-state index in [2.05, 4.69) is 15.3 Å². The van der Waals surface area contributed by atoms with Crippen molar-refractivity contribution in [3.63, 3.8) is 0 Å². The number of hydrogen-bond donors (Lipinski definition) is 1. The molecule has 3 rings (SSSR count). The van der Waals surface area contributed by atoms with Crippen molar-refractivity contribution < 1.29 is 32.1 Å². The molecular formula is C22H35BN4O7S. The van der Waals surface area contributed by atoms with Gasteiger partial charge in [0, 0.05) is 30.9 Å². The highest BCUT2D eigenvalue weighted by molar-refractivity contribution is 7.91. The maximum atomic E-state index is 13.1. The first-order valence-electron chi connectivity index (χ1n) is 11.6. The second-order valence-electron chi connectivity index (χ2n) is 11.0. The Balaban J connectivity index is 1.63. The first-order valence-corrected chi connectivity index (χ1v) is 13.2. The van der Waals surface area contributed by atoms with Crippen molar-refractivity contribution in [1.82, 2.24) is 20.2 Å². The monoisotopic (exact) mass is 510 g/mol. The first-order chi connectivity index (χ1) is 15.9. The van der Waals surface area contributed by atoms with E-state index in [0.29, 0.717) is 5.46 Å². The molecule has 2 fully saturated rings. The van der Waals surface area contributed by atoms with E-state index in [9.17, 15) is 18.0 Å². The van der Waals surface area contributed by atoms with Crippen LogP contribution in [0.5, 0.6) is 0 Å². The van der Waals surface area contributed by atoms with Gasteiger partial charge in [0.15, 0.2) is 0 Å². The molecule has 1 unspecified atom stereocenters. The van der Waals surface area contributed by atoms with Crippen molar-refractivity contribution in [2.24, 2.45) is 0 Å². The number of alkyl carbamates (subject to hydrolysis) is 1. The minimum Gasteiger partial charge on any atom is -0.444 e. The van der Waals surface area contributed by atoms with Crippen LogP contribution in [0.25, 0.3) is 0 Å². The molecular weight excluding hydrogens is 475 g/mol. The molecule has 1 N–H and O–H groups in total. The van der Waals surface area contributed by atoms with Gasteiger partial charge < -0.3 is 24.3 Å². The largest absolute Gasteiger partial charge is 0.498 e. The Kier molecular flexibility index (Phi) is 7.29. The van der Waals surface area contributed by atoms with Crippen LogP contribution in [0.3, 0.4) is 0 Å². The van der Waals surface area contributed by atoms with Crippen molar-refractivity contribution >= 4 is 34.4 Å². The minimum absolute atomic E-state index is 0.0101. The van der Waals surface area contributed by atoms with Crippen LogP contribution in [0.1, 0.15) is 61.8 Å². The molecule has 2 atom stereocenters. The van der Waals surface area contributed by atoms with E-state index in [1.807, 2.05) is 27.7 Å². The van der Waals surface area contributed by atoms with E-state index in [-0.39, 0.29) is 30.6 Å². The second kappa shape index (κ2) is 9.32. The van der Waals surface area contributed by atoms with Gasteiger partial charge in [-0.25, -0.2) is 23.2 Å². The number of rotatable bonds is 5. The fourth-order valence-corrected chi connectivity index (χ4v) is 5.21. The summed E-state index contributed by atoms with van der Waals surface area (Å²) in [5.41, 5.74) is -1.26. The summed E-state index contributed by atoms with van der Waals surface area (Å²) in [6.45, 7) is 14.6. The molecule has 0 aromatic carbocycles. The highest BCUT2D eigenvalue weighted by Crippen LogP contribution is 2.36. The van der Waals surface area contributed by atoms with E-state index in [0.717, 1.165) is 0 Å². The van der Waals surface area contributed by atoms with Gasteiger partial charge in [-0.2, -0.15) is 0 Å². The maximum absolute atomic E-state index is 13.1. The Morgan fingerprint density at radius 2 is 1.71 bits per heavy atom. The zero-order valence-electron chi connectivity index (χ0n) is 21.6. The summed E-state index contributed by atoms with van der Waals surface area (Å²) in [5, 5.41) is 1.34. The number of aromatic nitrogens is 2. The van der Waals surface area contributed by atoms with Crippen molar-refractivity contribution in [3.8, 4) is 0 Å². The third-order valence-corrected chi connectivity index (χ3v) is 8.41. The van der Waals surface area contributed by atoms with Crippen molar-refractivity contribution in [3.05, 3.63) is 12.4 Å². The number of sulfone groups is 1. The SMILES string of the molecule is CC(NC(=O)OC(C)(C)C)C(=O)N1CC[C@H](S(=O)(=O)c2ncc(B3OC(C)(C)C(C)(C)O3)cn2)C1. The molecule has 2 aliphatic heterocycles. The predicted molar refractivity (Wildman–Crippen MR) is 129 cm³/mol. The fourth-order valence-electron chi connectivity index (χ4n) is 3.72. The van der Waals surface area contributed by atoms with Crippen LogP contribution in [0.4, 0.5) is 4.79 Å². The first kappa shape index (κ1) is 27.3. The van der Waals surface area contributed by atoms with Crippen molar-refractivity contribution in [2.45, 2.75) is 95.1 Å². The molecule has 0 bridgehead atoms. The number of hydrogen-bond acceptors (Lipinski definition) is 9. The standard InChI is InChI=1S/C22H35BN4O7S/c1-14(26-19(29)32-20(2,3)4)17(28)27-10-9-16(13-27)35(30,31)18-24-11-15(12-25-18)23-33-21(5,6)22(7,8)34-23/h11-12,14,16H,9-10,13H2,1-8H3,(H,26,29)/t14?,16-/m0/s1. The number of nitrogens with one attached hydrogen (secondary N) is 1. The average Bonchev–Trinajstić information content (AvgIpc) is 3.29. The van der Waals surface area contributed by atoms with E-state index in [4.69, 9.17) is 14.0 Å². The minimum atomic E-state index is -3.87. The number of carbonyl (C=O) groups is 2. The number of amides is 2. The summed E-state index contributed by atoms with van der Waals surface area (Å²) in [7, 11) is -4.57. The highest BCUT2D eigenvalue weighted by Gasteiger charge is 2.52. The molecule has 3 heterocycles. The summed E-state index contributed by atoms with van der Waals surface area (Å²) < 4.78 is 43.3. The zero-order chi connectivity index (χ0) is 26.4. The van der Waals surface area contributed by atoms with Gasteiger partial charge in [-0.05, 0) is 61.8 Å². The van der Waals surface area contributed by atoms with E-state index < -0.39 is 51.1 Å². The lowest BCUT2D eigenvalue weighted by atomic mass is 9.81. The Hall–Kier alpha value is -2.25. The number of carbonyl (C=O) groups excluding carboxylic acids is 2. The Bertz CT molecular complexity index is 1050. The lowest BCUT2D eigenvalue weighted by Crippen LogP contribution is -2.48. The van der Waals surface area contributed by atoms with E-state index in [1.54, 1.807) is 20.8 Å². The van der Waals surface area contributed by atoms with E-state index >= 15 is 0 Å². The van der Waals surface area contributed by atoms with Gasteiger partial charge in [0.05, 0.1) is 16.5 Å². The molecule has 35 heavy (non-hydrogen) atoms. The predicted octanol–water partition coefficient (Wildman–Crippen LogP) is 1.06. The van der Waals surface area contributed by atoms with Gasteiger partial charge in [0.25, 0.3) is 0 Å². The molecule has 11 nitrogen and oxygen atoms in total. The molecule has 0 saturated carbocycles. The van der Waals surface area contributed by atoms with Crippen LogP contribution >= 0.6 is 0 Å². The second-order valence-corrected chi connectivity index (χ2v) is 13.1. The smallest absolute Gasteiger partial charge is 0.444 e. The summed E-state index contributed by atoms with van der Waals surface area (Å²) >= 11 is 0. The van der Waals surface area contributed by atoms with Gasteiger partial charge >= 0.3 is 13.2 Å². The lowest BCUT2D eigenvalue weighted by molar-refractivity contribution is -0.131. The summed E-state index contributed by atoms with van der Waals surface area (Å²) in [5.74, 6) is -0.384. The topological polar surface area (TPSA) is 137 Å². The van der Waals surface area contributed by atoms with Crippen LogP contribution < -0.4 is 10.8 Å². The fraction of sp³-hybridized carbons (Fsp3) is 0.727. The summed E-state index contributed by atoms with van der Waals surface area (Å²) in [6.07, 6.45) is 2.33. The molecule has 1 aromatic heterocycles. The third-order valence-electron chi connectivity index (χ3n) is 6.43. The van der Waals surface area contributed by atoms with Gasteiger partial charge in [-0.1, -0.05) is 0 Å². The normalized spacial score (nSPS) is 22.7. The molecule has 194 valence electrons. The molecule has 2 saturated heterocycles. The maximum Gasteiger partial charge on any atom is 0.498 e.